The molecule has 20 heavy (non-hydrogen) atoms. The van der Waals surface area contributed by atoms with Crippen LogP contribution in [0.25, 0.3) is 11.1 Å². The molecule has 1 heterocycles. The number of benzene rings is 2. The lowest BCUT2D eigenvalue weighted by Crippen LogP contribution is -2.09. The lowest BCUT2D eigenvalue weighted by Gasteiger charge is -2.14. The summed E-state index contributed by atoms with van der Waals surface area (Å²) in [5.41, 5.74) is 4.25. The predicted octanol–water partition coefficient (Wildman–Crippen LogP) is 3.64. The van der Waals surface area contributed by atoms with E-state index >= 15 is 0 Å². The van der Waals surface area contributed by atoms with Crippen molar-refractivity contribution in [2.45, 2.75) is 19.3 Å². The summed E-state index contributed by atoms with van der Waals surface area (Å²) in [5, 5.41) is 2.96. The third-order valence-electron chi connectivity index (χ3n) is 3.63. The predicted molar refractivity (Wildman–Crippen MR) is 80.0 cm³/mol. The Hall–Kier alpha value is -2.29. The SMILES string of the molecule is COc1cc2c(cc1-c1ccccc1)CCCC(=O)N2. The van der Waals surface area contributed by atoms with Crippen molar-refractivity contribution >= 4 is 11.6 Å². The second kappa shape index (κ2) is 5.37. The van der Waals surface area contributed by atoms with Gasteiger partial charge in [0.1, 0.15) is 5.75 Å². The van der Waals surface area contributed by atoms with E-state index in [9.17, 15) is 4.79 Å². The molecule has 0 aliphatic carbocycles. The molecular weight excluding hydrogens is 250 g/mol. The van der Waals surface area contributed by atoms with Crippen molar-refractivity contribution < 1.29 is 9.53 Å². The van der Waals surface area contributed by atoms with Crippen LogP contribution in [0, 0.1) is 0 Å². The average Bonchev–Trinajstić information content (AvgIpc) is 2.66. The molecule has 3 rings (SSSR count). The second-order valence-corrected chi connectivity index (χ2v) is 4.98. The van der Waals surface area contributed by atoms with Crippen LogP contribution < -0.4 is 10.1 Å². The van der Waals surface area contributed by atoms with Crippen LogP contribution >= 0.6 is 0 Å². The van der Waals surface area contributed by atoms with Gasteiger partial charge in [-0.05, 0) is 30.0 Å². The Kier molecular flexibility index (Phi) is 3.42. The molecule has 102 valence electrons. The van der Waals surface area contributed by atoms with Gasteiger partial charge in [0.2, 0.25) is 5.91 Å². The molecule has 0 aromatic heterocycles. The third-order valence-corrected chi connectivity index (χ3v) is 3.63. The van der Waals surface area contributed by atoms with Crippen molar-refractivity contribution in [1.29, 1.82) is 0 Å². The quantitative estimate of drug-likeness (QED) is 0.902. The maximum absolute atomic E-state index is 11.6. The molecule has 1 aliphatic rings. The summed E-state index contributed by atoms with van der Waals surface area (Å²) < 4.78 is 5.49. The van der Waals surface area contributed by atoms with Crippen molar-refractivity contribution in [1.82, 2.24) is 0 Å². The smallest absolute Gasteiger partial charge is 0.224 e. The summed E-state index contributed by atoms with van der Waals surface area (Å²) >= 11 is 0. The number of anilines is 1. The molecule has 0 fully saturated rings. The van der Waals surface area contributed by atoms with Crippen molar-refractivity contribution in [3.63, 3.8) is 0 Å². The van der Waals surface area contributed by atoms with Gasteiger partial charge in [0.15, 0.2) is 0 Å². The Morgan fingerprint density at radius 1 is 1.10 bits per heavy atom. The van der Waals surface area contributed by atoms with Gasteiger partial charge in [0.05, 0.1) is 7.11 Å². The largest absolute Gasteiger partial charge is 0.496 e. The van der Waals surface area contributed by atoms with Crippen LogP contribution in [0.4, 0.5) is 5.69 Å². The molecule has 1 aliphatic heterocycles. The van der Waals surface area contributed by atoms with Crippen LogP contribution in [-0.4, -0.2) is 13.0 Å². The van der Waals surface area contributed by atoms with E-state index < -0.39 is 0 Å². The van der Waals surface area contributed by atoms with Crippen LogP contribution in [-0.2, 0) is 11.2 Å². The summed E-state index contributed by atoms with van der Waals surface area (Å²) in [5.74, 6) is 0.871. The fraction of sp³-hybridized carbons (Fsp3) is 0.235. The van der Waals surface area contributed by atoms with Crippen LogP contribution in [0.3, 0.4) is 0 Å². The van der Waals surface area contributed by atoms with E-state index in [4.69, 9.17) is 4.74 Å². The molecule has 0 saturated carbocycles. The zero-order valence-corrected chi connectivity index (χ0v) is 11.5. The molecule has 1 amide bonds. The molecule has 0 spiro atoms. The number of fused-ring (bicyclic) bond motifs is 1. The first-order valence-corrected chi connectivity index (χ1v) is 6.84. The van der Waals surface area contributed by atoms with Crippen LogP contribution in [0.1, 0.15) is 18.4 Å². The number of aryl methyl sites for hydroxylation is 1. The van der Waals surface area contributed by atoms with Gasteiger partial charge >= 0.3 is 0 Å². The number of amides is 1. The number of hydrogen-bond acceptors (Lipinski definition) is 2. The molecular formula is C17H17NO2. The van der Waals surface area contributed by atoms with E-state index in [1.165, 1.54) is 5.56 Å². The van der Waals surface area contributed by atoms with E-state index in [1.54, 1.807) is 7.11 Å². The van der Waals surface area contributed by atoms with Gasteiger partial charge in [-0.3, -0.25) is 4.79 Å². The topological polar surface area (TPSA) is 38.3 Å². The van der Waals surface area contributed by atoms with Crippen LogP contribution in [0.5, 0.6) is 5.75 Å². The first-order chi connectivity index (χ1) is 9.78. The highest BCUT2D eigenvalue weighted by molar-refractivity contribution is 5.93. The maximum Gasteiger partial charge on any atom is 0.224 e. The molecule has 2 aromatic carbocycles. The van der Waals surface area contributed by atoms with Gasteiger partial charge in [-0.2, -0.15) is 0 Å². The van der Waals surface area contributed by atoms with Gasteiger partial charge in [-0.1, -0.05) is 30.3 Å². The Labute approximate surface area is 118 Å². The fourth-order valence-corrected chi connectivity index (χ4v) is 2.61. The fourth-order valence-electron chi connectivity index (χ4n) is 2.61. The van der Waals surface area contributed by atoms with Crippen LogP contribution in [0.15, 0.2) is 42.5 Å². The second-order valence-electron chi connectivity index (χ2n) is 4.98. The number of nitrogens with one attached hydrogen (secondary N) is 1. The zero-order valence-electron chi connectivity index (χ0n) is 11.5. The molecule has 1 N–H and O–H groups in total. The monoisotopic (exact) mass is 267 g/mol. The number of ether oxygens (including phenoxy) is 1. The van der Waals surface area contributed by atoms with E-state index in [-0.39, 0.29) is 5.91 Å². The van der Waals surface area contributed by atoms with Gasteiger partial charge < -0.3 is 10.1 Å². The van der Waals surface area contributed by atoms with E-state index in [1.807, 2.05) is 24.3 Å². The Balaban J connectivity index is 2.12. The minimum absolute atomic E-state index is 0.0817. The van der Waals surface area contributed by atoms with E-state index in [2.05, 4.69) is 23.5 Å². The van der Waals surface area contributed by atoms with Crippen molar-refractivity contribution in [2.75, 3.05) is 12.4 Å². The minimum atomic E-state index is 0.0817. The standard InChI is InChI=1S/C17H17NO2/c1-20-16-11-15-13(8-5-9-17(19)18-15)10-14(16)12-6-3-2-4-7-12/h2-4,6-7,10-11H,5,8-9H2,1H3,(H,18,19). The summed E-state index contributed by atoms with van der Waals surface area (Å²) in [6, 6.07) is 14.2. The normalized spacial score (nSPS) is 14.2. The summed E-state index contributed by atoms with van der Waals surface area (Å²) in [6.07, 6.45) is 2.38. The molecule has 0 bridgehead atoms. The molecule has 3 nitrogen and oxygen atoms in total. The highest BCUT2D eigenvalue weighted by atomic mass is 16.5. The summed E-state index contributed by atoms with van der Waals surface area (Å²) in [6.45, 7) is 0. The Morgan fingerprint density at radius 2 is 1.90 bits per heavy atom. The molecule has 2 aromatic rings. The Morgan fingerprint density at radius 3 is 2.65 bits per heavy atom. The summed E-state index contributed by atoms with van der Waals surface area (Å²) in [4.78, 5) is 11.6. The highest BCUT2D eigenvalue weighted by Crippen LogP contribution is 2.36. The Bertz CT molecular complexity index is 635. The molecule has 0 radical (unpaired) electrons. The maximum atomic E-state index is 11.6. The van der Waals surface area contributed by atoms with Crippen molar-refractivity contribution in [3.05, 3.63) is 48.0 Å². The highest BCUT2D eigenvalue weighted by Gasteiger charge is 2.16. The van der Waals surface area contributed by atoms with Gasteiger partial charge in [0, 0.05) is 23.7 Å². The number of carbonyl (C=O) groups is 1. The molecule has 0 atom stereocenters. The van der Waals surface area contributed by atoms with Crippen LogP contribution in [0.2, 0.25) is 0 Å². The van der Waals surface area contributed by atoms with Gasteiger partial charge in [0.25, 0.3) is 0 Å². The zero-order chi connectivity index (χ0) is 13.9. The number of carbonyl (C=O) groups excluding carboxylic acids is 1. The van der Waals surface area contributed by atoms with Gasteiger partial charge in [-0.25, -0.2) is 0 Å². The number of hydrogen-bond donors (Lipinski definition) is 1. The molecule has 0 saturated heterocycles. The first kappa shape index (κ1) is 12.7. The number of rotatable bonds is 2. The lowest BCUT2D eigenvalue weighted by molar-refractivity contribution is -0.116. The van der Waals surface area contributed by atoms with Crippen molar-refractivity contribution in [3.8, 4) is 16.9 Å². The number of methoxy groups -OCH3 is 1. The minimum Gasteiger partial charge on any atom is -0.496 e. The van der Waals surface area contributed by atoms with Gasteiger partial charge in [-0.15, -0.1) is 0 Å². The average molecular weight is 267 g/mol. The van der Waals surface area contributed by atoms with Crippen molar-refractivity contribution in [2.24, 2.45) is 0 Å². The van der Waals surface area contributed by atoms with E-state index in [0.29, 0.717) is 6.42 Å². The molecule has 3 heteroatoms. The lowest BCUT2D eigenvalue weighted by atomic mass is 9.98. The van der Waals surface area contributed by atoms with E-state index in [0.717, 1.165) is 35.4 Å². The molecule has 0 unspecified atom stereocenters. The third kappa shape index (κ3) is 2.39. The first-order valence-electron chi connectivity index (χ1n) is 6.84. The summed E-state index contributed by atoms with van der Waals surface area (Å²) in [7, 11) is 1.66.